The summed E-state index contributed by atoms with van der Waals surface area (Å²) < 4.78 is 0. The van der Waals surface area contributed by atoms with Crippen LogP contribution in [0.1, 0.15) is 46.1 Å². The van der Waals surface area contributed by atoms with Crippen LogP contribution in [0.4, 0.5) is 0 Å². The normalized spacial score (nSPS) is 21.4. The molecule has 1 amide bonds. The van der Waals surface area contributed by atoms with Crippen molar-refractivity contribution < 1.29 is 4.79 Å². The Morgan fingerprint density at radius 3 is 2.88 bits per heavy atom. The molecule has 1 fully saturated rings. The predicted molar refractivity (Wildman–Crippen MR) is 68.4 cm³/mol. The molecule has 1 aromatic rings. The number of rotatable bonds is 2. The first-order valence-corrected chi connectivity index (χ1v) is 6.74. The van der Waals surface area contributed by atoms with E-state index < -0.39 is 0 Å². The average molecular weight is 250 g/mol. The third-order valence-electron chi connectivity index (χ3n) is 3.94. The van der Waals surface area contributed by atoms with Gasteiger partial charge in [-0.3, -0.25) is 4.79 Å². The summed E-state index contributed by atoms with van der Waals surface area (Å²) in [5.41, 5.74) is 3.07. The van der Waals surface area contributed by atoms with E-state index in [2.05, 4.69) is 17.4 Å². The summed E-state index contributed by atoms with van der Waals surface area (Å²) in [6.07, 6.45) is 4.66. The van der Waals surface area contributed by atoms with E-state index in [-0.39, 0.29) is 11.3 Å². The maximum atomic E-state index is 11.8. The number of carbonyl (C=O) groups is 1. The molecule has 90 valence electrons. The van der Waals surface area contributed by atoms with Crippen LogP contribution in [0.15, 0.2) is 18.2 Å². The van der Waals surface area contributed by atoms with Gasteiger partial charge >= 0.3 is 0 Å². The van der Waals surface area contributed by atoms with E-state index in [1.54, 1.807) is 0 Å². The Morgan fingerprint density at radius 2 is 2.18 bits per heavy atom. The van der Waals surface area contributed by atoms with Crippen molar-refractivity contribution in [1.29, 1.82) is 0 Å². The van der Waals surface area contributed by atoms with Crippen LogP contribution >= 0.6 is 11.6 Å². The largest absolute Gasteiger partial charge is 0.352 e. The van der Waals surface area contributed by atoms with Gasteiger partial charge in [-0.15, -0.1) is 11.6 Å². The zero-order chi connectivity index (χ0) is 11.8. The number of carbonyl (C=O) groups excluding carboxylic acids is 1. The summed E-state index contributed by atoms with van der Waals surface area (Å²) in [6.45, 7) is 0.748. The van der Waals surface area contributed by atoms with Crippen molar-refractivity contribution in [2.45, 2.75) is 31.1 Å². The molecular weight excluding hydrogens is 234 g/mol. The van der Waals surface area contributed by atoms with E-state index in [1.807, 2.05) is 6.07 Å². The number of alkyl halides is 1. The van der Waals surface area contributed by atoms with Gasteiger partial charge < -0.3 is 5.32 Å². The van der Waals surface area contributed by atoms with Crippen molar-refractivity contribution in [2.75, 3.05) is 6.54 Å². The monoisotopic (exact) mass is 249 g/mol. The molecule has 1 N–H and O–H groups in total. The molecular formula is C14H16ClNO. The molecule has 1 aromatic carbocycles. The molecule has 1 heterocycles. The molecule has 1 aliphatic carbocycles. The molecule has 3 rings (SSSR count). The third-order valence-corrected chi connectivity index (χ3v) is 4.55. The zero-order valence-electron chi connectivity index (χ0n) is 9.71. The number of halogens is 1. The lowest BCUT2D eigenvalue weighted by molar-refractivity contribution is 0.0946. The van der Waals surface area contributed by atoms with Crippen LogP contribution in [-0.2, 0) is 6.42 Å². The maximum absolute atomic E-state index is 11.8. The first kappa shape index (κ1) is 11.1. The third kappa shape index (κ3) is 1.95. The van der Waals surface area contributed by atoms with E-state index >= 15 is 0 Å². The Balaban J connectivity index is 1.91. The number of fused-ring (bicyclic) bond motifs is 1. The van der Waals surface area contributed by atoms with E-state index in [4.69, 9.17) is 11.6 Å². The van der Waals surface area contributed by atoms with Crippen LogP contribution in [0.3, 0.4) is 0 Å². The molecule has 2 nitrogen and oxygen atoms in total. The van der Waals surface area contributed by atoms with Crippen molar-refractivity contribution in [1.82, 2.24) is 5.32 Å². The second-order valence-electron chi connectivity index (χ2n) is 5.02. The van der Waals surface area contributed by atoms with Gasteiger partial charge in [-0.1, -0.05) is 18.6 Å². The molecule has 2 aliphatic rings. The minimum absolute atomic E-state index is 0.0468. The van der Waals surface area contributed by atoms with Crippen LogP contribution in [-0.4, -0.2) is 12.5 Å². The van der Waals surface area contributed by atoms with Crippen molar-refractivity contribution in [3.8, 4) is 0 Å². The van der Waals surface area contributed by atoms with Gasteiger partial charge in [0, 0.05) is 12.1 Å². The van der Waals surface area contributed by atoms with E-state index in [1.165, 1.54) is 19.3 Å². The minimum atomic E-state index is 0.0468. The highest BCUT2D eigenvalue weighted by Crippen LogP contribution is 2.42. The molecule has 0 spiro atoms. The molecule has 0 saturated heterocycles. The average Bonchev–Trinajstić information content (AvgIpc) is 2.27. The van der Waals surface area contributed by atoms with E-state index in [0.29, 0.717) is 5.92 Å². The molecule has 0 radical (unpaired) electrons. The second-order valence-corrected chi connectivity index (χ2v) is 5.49. The zero-order valence-corrected chi connectivity index (χ0v) is 10.5. The Labute approximate surface area is 106 Å². The fraction of sp³-hybridized carbons (Fsp3) is 0.500. The first-order valence-electron chi connectivity index (χ1n) is 6.31. The highest BCUT2D eigenvalue weighted by Gasteiger charge is 2.28. The fourth-order valence-corrected chi connectivity index (χ4v) is 2.99. The Bertz CT molecular complexity index is 454. The van der Waals surface area contributed by atoms with Crippen LogP contribution in [0, 0.1) is 5.92 Å². The van der Waals surface area contributed by atoms with Crippen LogP contribution in [0.2, 0.25) is 0 Å². The lowest BCUT2D eigenvalue weighted by Gasteiger charge is -2.30. The molecule has 1 saturated carbocycles. The van der Waals surface area contributed by atoms with Gasteiger partial charge in [0.15, 0.2) is 0 Å². The van der Waals surface area contributed by atoms with E-state index in [9.17, 15) is 4.79 Å². The van der Waals surface area contributed by atoms with Gasteiger partial charge in [-0.2, -0.15) is 0 Å². The lowest BCUT2D eigenvalue weighted by Crippen LogP contribution is -2.32. The predicted octanol–water partition coefficient (Wildman–Crippen LogP) is 3.05. The number of hydrogen-bond donors (Lipinski definition) is 1. The fourth-order valence-electron chi connectivity index (χ4n) is 2.61. The standard InChI is InChI=1S/C14H16ClNO/c15-13(10-2-1-3-10)11-5-4-9-6-7-16-14(17)12(9)8-11/h4-5,8,10,13H,1-3,6-7H2,(H,16,17). The number of amides is 1. The highest BCUT2D eigenvalue weighted by molar-refractivity contribution is 6.21. The van der Waals surface area contributed by atoms with Gasteiger partial charge in [0.2, 0.25) is 0 Å². The van der Waals surface area contributed by atoms with Crippen molar-refractivity contribution >= 4 is 17.5 Å². The molecule has 17 heavy (non-hydrogen) atoms. The molecule has 1 atom stereocenters. The lowest BCUT2D eigenvalue weighted by atomic mass is 9.80. The van der Waals surface area contributed by atoms with Gasteiger partial charge in [0.25, 0.3) is 5.91 Å². The smallest absolute Gasteiger partial charge is 0.251 e. The Morgan fingerprint density at radius 1 is 1.35 bits per heavy atom. The minimum Gasteiger partial charge on any atom is -0.352 e. The van der Waals surface area contributed by atoms with Crippen LogP contribution in [0.25, 0.3) is 0 Å². The summed E-state index contributed by atoms with van der Waals surface area (Å²) in [4.78, 5) is 11.8. The summed E-state index contributed by atoms with van der Waals surface area (Å²) in [6, 6.07) is 6.14. The number of nitrogens with one attached hydrogen (secondary N) is 1. The van der Waals surface area contributed by atoms with Gasteiger partial charge in [0.1, 0.15) is 0 Å². The van der Waals surface area contributed by atoms with E-state index in [0.717, 1.165) is 29.7 Å². The SMILES string of the molecule is O=C1NCCc2ccc(C(Cl)C3CCC3)cc21. The van der Waals surface area contributed by atoms with Gasteiger partial charge in [0.05, 0.1) is 5.38 Å². The summed E-state index contributed by atoms with van der Waals surface area (Å²) in [5.74, 6) is 0.645. The molecule has 0 bridgehead atoms. The molecule has 3 heteroatoms. The highest BCUT2D eigenvalue weighted by atomic mass is 35.5. The molecule has 0 aromatic heterocycles. The summed E-state index contributed by atoms with van der Waals surface area (Å²) in [5, 5.41) is 2.95. The molecule has 1 aliphatic heterocycles. The van der Waals surface area contributed by atoms with Crippen LogP contribution < -0.4 is 5.32 Å². The maximum Gasteiger partial charge on any atom is 0.251 e. The topological polar surface area (TPSA) is 29.1 Å². The number of hydrogen-bond acceptors (Lipinski definition) is 1. The summed E-state index contributed by atoms with van der Waals surface area (Å²) >= 11 is 6.47. The second kappa shape index (κ2) is 4.34. The Hall–Kier alpha value is -1.02. The number of benzene rings is 1. The van der Waals surface area contributed by atoms with Crippen molar-refractivity contribution in [3.05, 3.63) is 34.9 Å². The van der Waals surface area contributed by atoms with Crippen molar-refractivity contribution in [2.24, 2.45) is 5.92 Å². The van der Waals surface area contributed by atoms with Gasteiger partial charge in [-0.25, -0.2) is 0 Å². The van der Waals surface area contributed by atoms with Crippen molar-refractivity contribution in [3.63, 3.8) is 0 Å². The summed E-state index contributed by atoms with van der Waals surface area (Å²) in [7, 11) is 0. The van der Waals surface area contributed by atoms with Crippen LogP contribution in [0.5, 0.6) is 0 Å². The molecule has 1 unspecified atom stereocenters. The quantitative estimate of drug-likeness (QED) is 0.802. The Kier molecular flexibility index (Phi) is 2.83. The van der Waals surface area contributed by atoms with Gasteiger partial charge in [-0.05, 0) is 42.4 Å². The first-order chi connectivity index (χ1) is 8.25.